The lowest BCUT2D eigenvalue weighted by molar-refractivity contribution is 0.928. The first-order valence-corrected chi connectivity index (χ1v) is 19.3. The maximum Gasteiger partial charge on any atom is 0.0878 e. The van der Waals surface area contributed by atoms with E-state index in [0.717, 1.165) is 0 Å². The molecule has 235 valence electrons. The van der Waals surface area contributed by atoms with Crippen LogP contribution in [0.5, 0.6) is 0 Å². The van der Waals surface area contributed by atoms with Crippen molar-refractivity contribution < 1.29 is 0 Å². The molecule has 6 aromatic carbocycles. The number of fused-ring (bicyclic) bond motifs is 3. The zero-order valence-electron chi connectivity index (χ0n) is 28.3. The normalized spacial score (nSPS) is 18.9. The Bertz CT molecular complexity index is 2040. The van der Waals surface area contributed by atoms with Gasteiger partial charge < -0.3 is 0 Å². The van der Waals surface area contributed by atoms with E-state index in [4.69, 9.17) is 0 Å². The smallest absolute Gasteiger partial charge is 0.0681 e. The summed E-state index contributed by atoms with van der Waals surface area (Å²) >= 11 is 0. The summed E-state index contributed by atoms with van der Waals surface area (Å²) in [4.78, 5) is 0. The molecular weight excluding hydrogens is 605 g/mol. The molecule has 0 heterocycles. The van der Waals surface area contributed by atoms with E-state index in [9.17, 15) is 0 Å². The van der Waals surface area contributed by atoms with Crippen LogP contribution in [0.2, 0.25) is 0 Å². The lowest BCUT2D eigenvalue weighted by Crippen LogP contribution is -2.38. The molecule has 6 aromatic rings. The zero-order valence-corrected chi connectivity index (χ0v) is 29.3. The highest BCUT2D eigenvalue weighted by Crippen LogP contribution is 2.56. The fourth-order valence-corrected chi connectivity index (χ4v) is 13.8. The van der Waals surface area contributed by atoms with E-state index in [1.807, 2.05) is 0 Å². The van der Waals surface area contributed by atoms with Crippen molar-refractivity contribution in [2.75, 3.05) is 0 Å². The molecular formula is C48H39Si. The minimum absolute atomic E-state index is 0.378. The van der Waals surface area contributed by atoms with Gasteiger partial charge in [0.2, 0.25) is 0 Å². The van der Waals surface area contributed by atoms with Crippen molar-refractivity contribution in [2.45, 2.75) is 37.4 Å². The van der Waals surface area contributed by atoms with Crippen molar-refractivity contribution in [3.05, 3.63) is 196 Å². The molecule has 0 aliphatic heterocycles. The Morgan fingerprint density at radius 3 is 0.898 bits per heavy atom. The molecule has 3 aliphatic carbocycles. The van der Waals surface area contributed by atoms with Gasteiger partial charge in [-0.1, -0.05) is 181 Å². The largest absolute Gasteiger partial charge is 0.0878 e. The van der Waals surface area contributed by atoms with Crippen LogP contribution in [-0.2, 0) is 0 Å². The maximum atomic E-state index is 2.53. The first-order valence-electron chi connectivity index (χ1n) is 17.5. The van der Waals surface area contributed by atoms with Crippen LogP contribution in [0, 0.1) is 0 Å². The van der Waals surface area contributed by atoms with Crippen molar-refractivity contribution >= 4 is 27.0 Å². The Kier molecular flexibility index (Phi) is 7.33. The third-order valence-corrected chi connectivity index (χ3v) is 15.4. The van der Waals surface area contributed by atoms with Crippen LogP contribution < -0.4 is 0 Å². The van der Waals surface area contributed by atoms with Crippen molar-refractivity contribution in [1.29, 1.82) is 0 Å². The molecule has 1 radical (unpaired) electrons. The fraction of sp³-hybridized carbons (Fsp3) is 0.125. The van der Waals surface area contributed by atoms with E-state index in [1.54, 1.807) is 0 Å². The number of benzene rings is 6. The molecule has 1 heteroatoms. The predicted molar refractivity (Wildman–Crippen MR) is 211 cm³/mol. The third kappa shape index (κ3) is 4.87. The second kappa shape index (κ2) is 12.0. The Labute approximate surface area is 292 Å². The second-order valence-corrected chi connectivity index (χ2v) is 16.7. The SMILES string of the molecule is CC1=Cc2c(-c3ccccc3)cccc2C1[Si](C1C(C)=Cc2c(-c3ccccc3)cccc21)C1C(C)=Cc2c(-c3ccccc3)cccc21. The van der Waals surface area contributed by atoms with Crippen LogP contribution in [0.3, 0.4) is 0 Å². The molecule has 3 unspecified atom stereocenters. The molecule has 3 atom stereocenters. The minimum Gasteiger partial charge on any atom is -0.0681 e. The number of allylic oxidation sites excluding steroid dienone is 3. The number of hydrogen-bond acceptors (Lipinski definition) is 0. The molecule has 0 saturated heterocycles. The molecule has 3 aliphatic rings. The monoisotopic (exact) mass is 643 g/mol. The highest BCUT2D eigenvalue weighted by Gasteiger charge is 2.48. The quantitative estimate of drug-likeness (QED) is 0.158. The van der Waals surface area contributed by atoms with Gasteiger partial charge in [0.15, 0.2) is 0 Å². The molecule has 49 heavy (non-hydrogen) atoms. The Morgan fingerprint density at radius 2 is 0.612 bits per heavy atom. The summed E-state index contributed by atoms with van der Waals surface area (Å²) < 4.78 is 0. The van der Waals surface area contributed by atoms with Crippen LogP contribution >= 0.6 is 0 Å². The van der Waals surface area contributed by atoms with Crippen LogP contribution in [0.1, 0.15) is 70.8 Å². The standard InChI is InChI=1S/C48H39Si/c1-31-28-43-37(34-16-7-4-8-17-34)22-13-25-40(43)46(31)49(47-32(2)29-44-38(23-14-26-41(44)47)35-18-9-5-10-19-35)48-33(3)30-45-39(24-15-27-42(45)48)36-20-11-6-12-21-36/h4-30,46-48H,1-3H3. The Morgan fingerprint density at radius 1 is 0.327 bits per heavy atom. The molecule has 0 N–H and O–H groups in total. The molecule has 0 aromatic heterocycles. The summed E-state index contributed by atoms with van der Waals surface area (Å²) in [6, 6.07) is 54.0. The fourth-order valence-electron chi connectivity index (χ4n) is 9.09. The van der Waals surface area contributed by atoms with Gasteiger partial charge in [0.25, 0.3) is 0 Å². The molecule has 9 rings (SSSR count). The molecule has 0 bridgehead atoms. The van der Waals surface area contributed by atoms with E-state index in [1.165, 1.54) is 83.5 Å². The number of rotatable bonds is 6. The Balaban J connectivity index is 1.26. The summed E-state index contributed by atoms with van der Waals surface area (Å²) in [5.74, 6) is 0. The van der Waals surface area contributed by atoms with E-state index in [2.05, 4.69) is 185 Å². The highest BCUT2D eigenvalue weighted by molar-refractivity contribution is 6.67. The van der Waals surface area contributed by atoms with Crippen molar-refractivity contribution in [3.8, 4) is 33.4 Å². The van der Waals surface area contributed by atoms with Crippen molar-refractivity contribution in [3.63, 3.8) is 0 Å². The Hall–Kier alpha value is -5.24. The molecule has 0 spiro atoms. The third-order valence-electron chi connectivity index (χ3n) is 11.1. The molecule has 0 nitrogen and oxygen atoms in total. The van der Waals surface area contributed by atoms with Crippen molar-refractivity contribution in [2.24, 2.45) is 0 Å². The van der Waals surface area contributed by atoms with Gasteiger partial charge in [-0.05, 0) is 87.5 Å². The zero-order chi connectivity index (χ0) is 33.1. The van der Waals surface area contributed by atoms with E-state index >= 15 is 0 Å². The highest BCUT2D eigenvalue weighted by atomic mass is 28.3. The van der Waals surface area contributed by atoms with Gasteiger partial charge in [0.1, 0.15) is 0 Å². The average molecular weight is 644 g/mol. The summed E-state index contributed by atoms with van der Waals surface area (Å²) in [5.41, 5.74) is 22.3. The van der Waals surface area contributed by atoms with Crippen LogP contribution in [0.4, 0.5) is 0 Å². The summed E-state index contributed by atoms with van der Waals surface area (Å²) in [6.45, 7) is 7.23. The lowest BCUT2D eigenvalue weighted by atomic mass is 9.97. The summed E-state index contributed by atoms with van der Waals surface area (Å²) in [7, 11) is -1.26. The van der Waals surface area contributed by atoms with Crippen LogP contribution in [0.25, 0.3) is 51.6 Å². The van der Waals surface area contributed by atoms with E-state index < -0.39 is 8.80 Å². The lowest BCUT2D eigenvalue weighted by Gasteiger charge is -2.37. The first-order chi connectivity index (χ1) is 24.1. The van der Waals surface area contributed by atoms with Gasteiger partial charge in [-0.3, -0.25) is 0 Å². The van der Waals surface area contributed by atoms with Gasteiger partial charge in [-0.15, -0.1) is 0 Å². The van der Waals surface area contributed by atoms with Gasteiger partial charge in [-0.2, -0.15) is 0 Å². The van der Waals surface area contributed by atoms with Crippen LogP contribution in [-0.4, -0.2) is 8.80 Å². The average Bonchev–Trinajstić information content (AvgIpc) is 3.79. The summed E-state index contributed by atoms with van der Waals surface area (Å²) in [5, 5.41) is 0. The predicted octanol–water partition coefficient (Wildman–Crippen LogP) is 12.7. The van der Waals surface area contributed by atoms with Gasteiger partial charge in [0, 0.05) is 16.6 Å². The second-order valence-electron chi connectivity index (χ2n) is 14.0. The number of hydrogen-bond donors (Lipinski definition) is 0. The topological polar surface area (TPSA) is 0 Å². The van der Waals surface area contributed by atoms with E-state index in [0.29, 0.717) is 16.6 Å². The van der Waals surface area contributed by atoms with Crippen molar-refractivity contribution in [1.82, 2.24) is 0 Å². The first kappa shape index (κ1) is 29.9. The van der Waals surface area contributed by atoms with E-state index in [-0.39, 0.29) is 0 Å². The molecule has 0 saturated carbocycles. The molecule has 0 amide bonds. The van der Waals surface area contributed by atoms with Gasteiger partial charge in [-0.25, -0.2) is 0 Å². The van der Waals surface area contributed by atoms with Crippen LogP contribution in [0.15, 0.2) is 162 Å². The molecule has 0 fully saturated rings. The maximum absolute atomic E-state index is 2.53. The van der Waals surface area contributed by atoms with Gasteiger partial charge in [0.05, 0.1) is 8.80 Å². The minimum atomic E-state index is -1.26. The summed E-state index contributed by atoms with van der Waals surface area (Å²) in [6.07, 6.45) is 7.58. The van der Waals surface area contributed by atoms with Gasteiger partial charge >= 0.3 is 0 Å².